The molecule has 0 aromatic heterocycles. The predicted octanol–water partition coefficient (Wildman–Crippen LogP) is 7.87. The van der Waals surface area contributed by atoms with Crippen molar-refractivity contribution in [3.63, 3.8) is 0 Å². The van der Waals surface area contributed by atoms with E-state index in [1.165, 1.54) is 60.5 Å². The third kappa shape index (κ3) is 1.83. The Morgan fingerprint density at radius 1 is 0.600 bits per heavy atom. The molecule has 0 N–H and O–H groups in total. The highest BCUT2D eigenvalue weighted by Crippen LogP contribution is 2.58. The molecule has 0 amide bonds. The average Bonchev–Trinajstić information content (AvgIpc) is 3.27. The van der Waals surface area contributed by atoms with Crippen LogP contribution in [0.5, 0.6) is 0 Å². The highest BCUT2D eigenvalue weighted by molar-refractivity contribution is 6.16. The Hall–Kier alpha value is -3.38. The molecule has 0 nitrogen and oxygen atoms in total. The second-order valence-corrected chi connectivity index (χ2v) is 9.32. The summed E-state index contributed by atoms with van der Waals surface area (Å²) >= 11 is 0. The van der Waals surface area contributed by atoms with Gasteiger partial charge >= 0.3 is 0 Å². The van der Waals surface area contributed by atoms with Crippen LogP contribution in [0.1, 0.15) is 36.1 Å². The number of hydrogen-bond acceptors (Lipinski definition) is 0. The summed E-state index contributed by atoms with van der Waals surface area (Å²) in [5, 5.41) is 5.49. The third-order valence-corrected chi connectivity index (χ3v) is 7.45. The number of benzene rings is 5. The van der Waals surface area contributed by atoms with Crippen LogP contribution in [0.3, 0.4) is 0 Å². The first-order chi connectivity index (χ1) is 14.7. The van der Waals surface area contributed by atoms with Crippen molar-refractivity contribution < 1.29 is 0 Å². The third-order valence-electron chi connectivity index (χ3n) is 7.45. The van der Waals surface area contributed by atoms with Gasteiger partial charge in [0.15, 0.2) is 0 Å². The van der Waals surface area contributed by atoms with Crippen LogP contribution < -0.4 is 0 Å². The minimum absolute atomic E-state index is 0.00907. The molecule has 142 valence electrons. The molecule has 30 heavy (non-hydrogen) atoms. The van der Waals surface area contributed by atoms with Crippen LogP contribution in [0.4, 0.5) is 0 Å². The van der Waals surface area contributed by atoms with Crippen molar-refractivity contribution in [1.82, 2.24) is 0 Å². The molecule has 0 heterocycles. The monoisotopic (exact) mass is 382 g/mol. The molecule has 2 aliphatic rings. The molecule has 7 rings (SSSR count). The summed E-state index contributed by atoms with van der Waals surface area (Å²) in [6.07, 6.45) is 1.04. The van der Waals surface area contributed by atoms with E-state index in [1.807, 2.05) is 0 Å². The molecule has 5 aromatic rings. The minimum atomic E-state index is -0.00907. The summed E-state index contributed by atoms with van der Waals surface area (Å²) in [5.74, 6) is 0. The van der Waals surface area contributed by atoms with E-state index < -0.39 is 0 Å². The van der Waals surface area contributed by atoms with Gasteiger partial charge in [-0.15, -0.1) is 0 Å². The molecule has 0 aliphatic heterocycles. The van der Waals surface area contributed by atoms with Crippen molar-refractivity contribution in [2.45, 2.75) is 25.7 Å². The van der Waals surface area contributed by atoms with Crippen LogP contribution >= 0.6 is 0 Å². The quantitative estimate of drug-likeness (QED) is 0.251. The largest absolute Gasteiger partial charge is 0.0619 e. The molecule has 0 saturated heterocycles. The van der Waals surface area contributed by atoms with Gasteiger partial charge in [0.05, 0.1) is 0 Å². The summed E-state index contributed by atoms with van der Waals surface area (Å²) in [6.45, 7) is 4.84. The van der Waals surface area contributed by atoms with E-state index in [2.05, 4.69) is 98.8 Å². The zero-order valence-electron chi connectivity index (χ0n) is 17.3. The Kier molecular flexibility index (Phi) is 2.96. The van der Waals surface area contributed by atoms with Crippen molar-refractivity contribution in [1.29, 1.82) is 0 Å². The summed E-state index contributed by atoms with van der Waals surface area (Å²) in [4.78, 5) is 0. The normalized spacial score (nSPS) is 15.1. The van der Waals surface area contributed by atoms with Crippen molar-refractivity contribution in [2.24, 2.45) is 0 Å². The van der Waals surface area contributed by atoms with Crippen molar-refractivity contribution in [3.8, 4) is 22.3 Å². The molecule has 0 radical (unpaired) electrons. The average molecular weight is 383 g/mol. The molecule has 0 atom stereocenters. The van der Waals surface area contributed by atoms with Crippen molar-refractivity contribution >= 4 is 21.5 Å². The Balaban J connectivity index is 1.74. The standard InChI is InChI=1S/C30H22/c1-30(2)25-16-15-18-9-3-5-11-20(18)27(25)28-23-14-8-7-13-22(23)26-21-12-6-4-10-19(21)17-24(26)29(28)30/h3-16H,17H2,1-2H3. The second-order valence-electron chi connectivity index (χ2n) is 9.32. The first-order valence-electron chi connectivity index (χ1n) is 10.8. The van der Waals surface area contributed by atoms with E-state index in [0.29, 0.717) is 0 Å². The maximum atomic E-state index is 2.42. The lowest BCUT2D eigenvalue weighted by Gasteiger charge is -2.25. The lowest BCUT2D eigenvalue weighted by Crippen LogP contribution is -2.17. The molecule has 0 heteroatoms. The summed E-state index contributed by atoms with van der Waals surface area (Å²) in [5.41, 5.74) is 11.8. The maximum absolute atomic E-state index is 2.42. The lowest BCUT2D eigenvalue weighted by molar-refractivity contribution is 0.655. The molecular weight excluding hydrogens is 360 g/mol. The van der Waals surface area contributed by atoms with E-state index in [4.69, 9.17) is 0 Å². The molecule has 0 saturated carbocycles. The van der Waals surface area contributed by atoms with E-state index in [-0.39, 0.29) is 5.41 Å². The minimum Gasteiger partial charge on any atom is -0.0619 e. The fourth-order valence-corrected chi connectivity index (χ4v) is 6.23. The van der Waals surface area contributed by atoms with Gasteiger partial charge in [-0.2, -0.15) is 0 Å². The number of fused-ring (bicyclic) bond motifs is 12. The SMILES string of the molecule is CC1(C)c2ccc3ccccc3c2-c2c1c1c(c3ccccc23)-c2ccccc2C1. The zero-order chi connectivity index (χ0) is 20.0. The smallest absolute Gasteiger partial charge is 0.0162 e. The summed E-state index contributed by atoms with van der Waals surface area (Å²) < 4.78 is 0. The summed E-state index contributed by atoms with van der Waals surface area (Å²) in [6, 6.07) is 31.6. The van der Waals surface area contributed by atoms with E-state index in [0.717, 1.165) is 6.42 Å². The molecule has 5 aromatic carbocycles. The Morgan fingerprint density at radius 3 is 2.10 bits per heavy atom. The van der Waals surface area contributed by atoms with Gasteiger partial charge in [-0.05, 0) is 72.5 Å². The van der Waals surface area contributed by atoms with Gasteiger partial charge in [-0.25, -0.2) is 0 Å². The van der Waals surface area contributed by atoms with Crippen molar-refractivity contribution in [2.75, 3.05) is 0 Å². The molecule has 0 unspecified atom stereocenters. The lowest BCUT2D eigenvalue weighted by atomic mass is 9.78. The molecule has 0 spiro atoms. The highest BCUT2D eigenvalue weighted by atomic mass is 14.4. The van der Waals surface area contributed by atoms with Gasteiger partial charge in [0.25, 0.3) is 0 Å². The molecule has 2 aliphatic carbocycles. The molecule has 0 bridgehead atoms. The maximum Gasteiger partial charge on any atom is 0.0162 e. The number of rotatable bonds is 0. The topological polar surface area (TPSA) is 0 Å². The Labute approximate surface area is 176 Å². The van der Waals surface area contributed by atoms with Crippen LogP contribution in [0.15, 0.2) is 84.9 Å². The van der Waals surface area contributed by atoms with Crippen LogP contribution in [0, 0.1) is 0 Å². The van der Waals surface area contributed by atoms with Gasteiger partial charge in [0.1, 0.15) is 0 Å². The van der Waals surface area contributed by atoms with Crippen LogP contribution in [0.2, 0.25) is 0 Å². The predicted molar refractivity (Wildman–Crippen MR) is 127 cm³/mol. The van der Waals surface area contributed by atoms with Gasteiger partial charge in [-0.3, -0.25) is 0 Å². The molecule has 0 fully saturated rings. The van der Waals surface area contributed by atoms with Crippen LogP contribution in [-0.2, 0) is 11.8 Å². The van der Waals surface area contributed by atoms with Gasteiger partial charge in [-0.1, -0.05) is 98.8 Å². The first-order valence-corrected chi connectivity index (χ1v) is 10.8. The van der Waals surface area contributed by atoms with Gasteiger partial charge in [0.2, 0.25) is 0 Å². The number of hydrogen-bond donors (Lipinski definition) is 0. The fourth-order valence-electron chi connectivity index (χ4n) is 6.23. The Bertz CT molecular complexity index is 1530. The van der Waals surface area contributed by atoms with Crippen molar-refractivity contribution in [3.05, 3.63) is 107 Å². The molecular formula is C30H22. The van der Waals surface area contributed by atoms with Gasteiger partial charge in [0, 0.05) is 5.41 Å². The van der Waals surface area contributed by atoms with E-state index in [1.54, 1.807) is 5.56 Å². The van der Waals surface area contributed by atoms with Crippen LogP contribution in [0.25, 0.3) is 43.8 Å². The Morgan fingerprint density at radius 2 is 1.27 bits per heavy atom. The summed E-state index contributed by atoms with van der Waals surface area (Å²) in [7, 11) is 0. The highest BCUT2D eigenvalue weighted by Gasteiger charge is 2.42. The fraction of sp³-hybridized carbons (Fsp3) is 0.133. The van der Waals surface area contributed by atoms with Crippen LogP contribution in [-0.4, -0.2) is 0 Å². The van der Waals surface area contributed by atoms with E-state index in [9.17, 15) is 0 Å². The van der Waals surface area contributed by atoms with Gasteiger partial charge < -0.3 is 0 Å². The second kappa shape index (κ2) is 5.40. The van der Waals surface area contributed by atoms with E-state index >= 15 is 0 Å². The zero-order valence-corrected chi connectivity index (χ0v) is 17.3. The first kappa shape index (κ1) is 16.4.